The number of aryl methyl sites for hydroxylation is 2. The van der Waals surface area contributed by atoms with E-state index in [0.717, 1.165) is 26.7 Å². The van der Waals surface area contributed by atoms with Gasteiger partial charge < -0.3 is 5.32 Å². The van der Waals surface area contributed by atoms with Crippen LogP contribution in [0.5, 0.6) is 0 Å². The maximum atomic E-state index is 12.2. The predicted octanol–water partition coefficient (Wildman–Crippen LogP) is 4.35. The van der Waals surface area contributed by atoms with Crippen molar-refractivity contribution >= 4 is 28.6 Å². The fourth-order valence-electron chi connectivity index (χ4n) is 2.32. The Bertz CT molecular complexity index is 806. The maximum Gasteiger partial charge on any atom is 0.224 e. The molecule has 1 amide bonds. The van der Waals surface area contributed by atoms with Gasteiger partial charge in [0.05, 0.1) is 23.5 Å². The molecule has 2 heterocycles. The zero-order valence-electron chi connectivity index (χ0n) is 13.1. The zero-order chi connectivity index (χ0) is 16.2. The van der Waals surface area contributed by atoms with Crippen molar-refractivity contribution in [2.75, 3.05) is 0 Å². The van der Waals surface area contributed by atoms with Crippen LogP contribution in [0, 0.1) is 13.8 Å². The van der Waals surface area contributed by atoms with E-state index in [9.17, 15) is 4.79 Å². The van der Waals surface area contributed by atoms with E-state index in [-0.39, 0.29) is 5.91 Å². The molecule has 23 heavy (non-hydrogen) atoms. The minimum Gasteiger partial charge on any atom is -0.351 e. The Kier molecular flexibility index (Phi) is 4.88. The number of hydrogen-bond donors (Lipinski definition) is 1. The Morgan fingerprint density at radius 2 is 2.00 bits per heavy atom. The summed E-state index contributed by atoms with van der Waals surface area (Å²) in [6, 6.07) is 12.1. The first-order valence-electron chi connectivity index (χ1n) is 7.45. The van der Waals surface area contributed by atoms with Crippen molar-refractivity contribution in [3.05, 3.63) is 63.5 Å². The van der Waals surface area contributed by atoms with E-state index in [1.54, 1.807) is 22.7 Å². The molecule has 0 unspecified atom stereocenters. The number of nitrogens with zero attached hydrogens (tertiary/aromatic N) is 1. The standard InChI is InChI=1S/C18H18N2OS2/c1-12-6-3-4-7-14(12)10-17(21)19-11-16-13(2)20-18(23-16)15-8-5-9-22-15/h3-9H,10-11H2,1-2H3,(H,19,21). The van der Waals surface area contributed by atoms with Gasteiger partial charge in [0.2, 0.25) is 5.91 Å². The summed E-state index contributed by atoms with van der Waals surface area (Å²) in [6.07, 6.45) is 0.419. The third-order valence-corrected chi connectivity index (χ3v) is 5.88. The Hall–Kier alpha value is -1.98. The highest BCUT2D eigenvalue weighted by Crippen LogP contribution is 2.30. The first-order valence-corrected chi connectivity index (χ1v) is 9.14. The molecule has 0 aliphatic carbocycles. The molecular weight excluding hydrogens is 324 g/mol. The molecule has 118 valence electrons. The summed E-state index contributed by atoms with van der Waals surface area (Å²) in [4.78, 5) is 19.1. The van der Waals surface area contributed by atoms with E-state index < -0.39 is 0 Å². The summed E-state index contributed by atoms with van der Waals surface area (Å²) >= 11 is 3.34. The van der Waals surface area contributed by atoms with Crippen LogP contribution in [0.15, 0.2) is 41.8 Å². The van der Waals surface area contributed by atoms with Gasteiger partial charge in [0.25, 0.3) is 0 Å². The smallest absolute Gasteiger partial charge is 0.224 e. The molecule has 3 aromatic rings. The third-order valence-electron chi connectivity index (χ3n) is 3.68. The zero-order valence-corrected chi connectivity index (χ0v) is 14.8. The number of thiazole rings is 1. The Balaban J connectivity index is 1.62. The Labute approximate surface area is 144 Å². The monoisotopic (exact) mass is 342 g/mol. The second-order valence-electron chi connectivity index (χ2n) is 5.38. The van der Waals surface area contributed by atoms with Gasteiger partial charge in [0, 0.05) is 4.88 Å². The fourth-order valence-corrected chi connectivity index (χ4v) is 4.12. The van der Waals surface area contributed by atoms with Crippen LogP contribution >= 0.6 is 22.7 Å². The summed E-state index contributed by atoms with van der Waals surface area (Å²) in [7, 11) is 0. The summed E-state index contributed by atoms with van der Waals surface area (Å²) in [5.41, 5.74) is 3.22. The third kappa shape index (κ3) is 3.86. The van der Waals surface area contributed by atoms with Crippen molar-refractivity contribution in [1.29, 1.82) is 0 Å². The molecule has 0 fully saturated rings. The van der Waals surface area contributed by atoms with Crippen molar-refractivity contribution in [2.45, 2.75) is 26.8 Å². The minimum absolute atomic E-state index is 0.0461. The maximum absolute atomic E-state index is 12.2. The van der Waals surface area contributed by atoms with E-state index in [0.29, 0.717) is 13.0 Å². The normalized spacial score (nSPS) is 10.7. The SMILES string of the molecule is Cc1ccccc1CC(=O)NCc1sc(-c2cccs2)nc1C. The van der Waals surface area contributed by atoms with Gasteiger partial charge in [-0.2, -0.15) is 0 Å². The van der Waals surface area contributed by atoms with Crippen LogP contribution in [0.2, 0.25) is 0 Å². The lowest BCUT2D eigenvalue weighted by molar-refractivity contribution is -0.120. The predicted molar refractivity (Wildman–Crippen MR) is 96.9 cm³/mol. The van der Waals surface area contributed by atoms with E-state index >= 15 is 0 Å². The molecule has 0 atom stereocenters. The van der Waals surface area contributed by atoms with Crippen molar-refractivity contribution in [1.82, 2.24) is 10.3 Å². The van der Waals surface area contributed by atoms with Gasteiger partial charge in [0.15, 0.2) is 0 Å². The van der Waals surface area contributed by atoms with E-state index in [4.69, 9.17) is 0 Å². The van der Waals surface area contributed by atoms with Crippen molar-refractivity contribution in [3.63, 3.8) is 0 Å². The highest BCUT2D eigenvalue weighted by Gasteiger charge is 2.12. The Morgan fingerprint density at radius 1 is 1.17 bits per heavy atom. The van der Waals surface area contributed by atoms with Gasteiger partial charge >= 0.3 is 0 Å². The molecule has 0 saturated heterocycles. The largest absolute Gasteiger partial charge is 0.351 e. The highest BCUT2D eigenvalue weighted by molar-refractivity contribution is 7.21. The van der Waals surface area contributed by atoms with E-state index in [2.05, 4.69) is 21.7 Å². The quantitative estimate of drug-likeness (QED) is 0.749. The second kappa shape index (κ2) is 7.06. The summed E-state index contributed by atoms with van der Waals surface area (Å²) in [5.74, 6) is 0.0461. The number of nitrogens with one attached hydrogen (secondary N) is 1. The number of carbonyl (C=O) groups is 1. The second-order valence-corrected chi connectivity index (χ2v) is 7.42. The molecule has 1 N–H and O–H groups in total. The summed E-state index contributed by atoms with van der Waals surface area (Å²) < 4.78 is 0. The van der Waals surface area contributed by atoms with Crippen LogP contribution < -0.4 is 5.32 Å². The number of benzene rings is 1. The van der Waals surface area contributed by atoms with Gasteiger partial charge in [-0.05, 0) is 36.4 Å². The van der Waals surface area contributed by atoms with Crippen molar-refractivity contribution in [2.24, 2.45) is 0 Å². The van der Waals surface area contributed by atoms with Gasteiger partial charge in [-0.15, -0.1) is 22.7 Å². The number of aromatic nitrogens is 1. The fraction of sp³-hybridized carbons (Fsp3) is 0.222. The number of hydrogen-bond acceptors (Lipinski definition) is 4. The van der Waals surface area contributed by atoms with Crippen molar-refractivity contribution in [3.8, 4) is 9.88 Å². The van der Waals surface area contributed by atoms with Crippen LogP contribution in [0.4, 0.5) is 0 Å². The summed E-state index contributed by atoms with van der Waals surface area (Å²) in [5, 5.41) is 6.09. The highest BCUT2D eigenvalue weighted by atomic mass is 32.1. The lowest BCUT2D eigenvalue weighted by Crippen LogP contribution is -2.24. The van der Waals surface area contributed by atoms with Gasteiger partial charge in [-0.1, -0.05) is 30.3 Å². The molecule has 0 saturated carbocycles. The molecule has 3 rings (SSSR count). The molecule has 1 aromatic carbocycles. The molecular formula is C18H18N2OS2. The lowest BCUT2D eigenvalue weighted by Gasteiger charge is -2.06. The topological polar surface area (TPSA) is 42.0 Å². The number of amides is 1. The number of thiophene rings is 1. The van der Waals surface area contributed by atoms with Gasteiger partial charge in [-0.25, -0.2) is 4.98 Å². The lowest BCUT2D eigenvalue weighted by atomic mass is 10.1. The molecule has 0 aliphatic rings. The minimum atomic E-state index is 0.0461. The van der Waals surface area contributed by atoms with Crippen LogP contribution in [0.1, 0.15) is 21.7 Å². The number of carbonyl (C=O) groups excluding carboxylic acids is 1. The van der Waals surface area contributed by atoms with E-state index in [1.807, 2.05) is 44.2 Å². The molecule has 3 nitrogen and oxygen atoms in total. The summed E-state index contributed by atoms with van der Waals surface area (Å²) in [6.45, 7) is 4.57. The van der Waals surface area contributed by atoms with Crippen LogP contribution in [-0.2, 0) is 17.8 Å². The molecule has 2 aromatic heterocycles. The molecule has 0 spiro atoms. The van der Waals surface area contributed by atoms with Gasteiger partial charge in [-0.3, -0.25) is 4.79 Å². The van der Waals surface area contributed by atoms with E-state index in [1.165, 1.54) is 4.88 Å². The van der Waals surface area contributed by atoms with Crippen LogP contribution in [-0.4, -0.2) is 10.9 Å². The van der Waals surface area contributed by atoms with Gasteiger partial charge in [0.1, 0.15) is 5.01 Å². The van der Waals surface area contributed by atoms with Crippen LogP contribution in [0.3, 0.4) is 0 Å². The average Bonchev–Trinajstić information content (AvgIpc) is 3.17. The molecule has 0 radical (unpaired) electrons. The van der Waals surface area contributed by atoms with Crippen LogP contribution in [0.25, 0.3) is 9.88 Å². The molecule has 0 aliphatic heterocycles. The van der Waals surface area contributed by atoms with Crippen molar-refractivity contribution < 1.29 is 4.79 Å². The average molecular weight is 342 g/mol. The Morgan fingerprint density at radius 3 is 2.74 bits per heavy atom. The first-order chi connectivity index (χ1) is 11.1. The number of rotatable bonds is 5. The first kappa shape index (κ1) is 15.9. The molecule has 0 bridgehead atoms. The molecule has 5 heteroatoms.